The second-order valence-corrected chi connectivity index (χ2v) is 21.6. The van der Waals surface area contributed by atoms with Gasteiger partial charge in [-0.2, -0.15) is 0 Å². The highest BCUT2D eigenvalue weighted by molar-refractivity contribution is 6.18. The topological polar surface area (TPSA) is 245 Å². The highest BCUT2D eigenvalue weighted by Crippen LogP contribution is 2.73. The van der Waals surface area contributed by atoms with Crippen molar-refractivity contribution in [2.75, 3.05) is 13.2 Å². The molecule has 10 rings (SSSR count). The summed E-state index contributed by atoms with van der Waals surface area (Å²) >= 11 is 0. The third-order valence-electron chi connectivity index (χ3n) is 17.4. The molecule has 4 heterocycles. The minimum atomic E-state index is -1.94. The van der Waals surface area contributed by atoms with Gasteiger partial charge in [0.05, 0.1) is 22.7 Å². The molecule has 4 aliphatic heterocycles. The Balaban J connectivity index is 0.000000166. The van der Waals surface area contributed by atoms with Crippen LogP contribution in [0.4, 0.5) is 0 Å². The molecule has 0 N–H and O–H groups in total. The number of fused-ring (bicyclic) bond motifs is 2. The Kier molecular flexibility index (Phi) is 10.1. The zero-order valence-corrected chi connectivity index (χ0v) is 38.3. The van der Waals surface area contributed by atoms with Gasteiger partial charge in [-0.25, -0.2) is 0 Å². The molecule has 0 aromatic carbocycles. The summed E-state index contributed by atoms with van der Waals surface area (Å²) in [5.74, 6) is -10.7. The van der Waals surface area contributed by atoms with Crippen molar-refractivity contribution >= 4 is 59.3 Å². The van der Waals surface area contributed by atoms with Crippen LogP contribution in [-0.2, 0) is 85.8 Å². The van der Waals surface area contributed by atoms with E-state index >= 15 is 0 Å². The lowest BCUT2D eigenvalue weighted by Crippen LogP contribution is -2.74. The van der Waals surface area contributed by atoms with Crippen molar-refractivity contribution < 1.29 is 85.8 Å². The number of hydrogen-bond donors (Lipinski definition) is 0. The summed E-state index contributed by atoms with van der Waals surface area (Å²) in [6.07, 6.45) is -2.94. The third-order valence-corrected chi connectivity index (χ3v) is 17.4. The van der Waals surface area contributed by atoms with E-state index in [1.165, 1.54) is 27.7 Å². The molecule has 4 bridgehead atoms. The molecule has 0 amide bonds. The van der Waals surface area contributed by atoms with Crippen molar-refractivity contribution in [1.82, 2.24) is 0 Å². The van der Waals surface area contributed by atoms with Gasteiger partial charge in [-0.05, 0) is 60.5 Å². The summed E-state index contributed by atoms with van der Waals surface area (Å²) in [5.41, 5.74) is -6.82. The molecule has 0 radical (unpaired) electrons. The van der Waals surface area contributed by atoms with E-state index < -0.39 is 164 Å². The number of rotatable bonds is 4. The van der Waals surface area contributed by atoms with Crippen molar-refractivity contribution in [2.45, 2.75) is 131 Å². The van der Waals surface area contributed by atoms with Gasteiger partial charge in [0.2, 0.25) is 0 Å². The van der Waals surface area contributed by atoms with Crippen LogP contribution in [0.15, 0.2) is 24.3 Å². The summed E-state index contributed by atoms with van der Waals surface area (Å²) < 4.78 is 45.8. The van der Waals surface area contributed by atoms with Gasteiger partial charge >= 0.3 is 47.8 Å². The number of ether oxygens (including phenoxy) is 8. The summed E-state index contributed by atoms with van der Waals surface area (Å²) in [5, 5.41) is 0. The molecule has 16 atom stereocenters. The lowest BCUT2D eigenvalue weighted by molar-refractivity contribution is -0.266. The number of ketones is 2. The smallest absolute Gasteiger partial charge is 0.324 e. The van der Waals surface area contributed by atoms with Gasteiger partial charge in [0.1, 0.15) is 49.8 Å². The van der Waals surface area contributed by atoms with E-state index in [1.54, 1.807) is 0 Å². The van der Waals surface area contributed by atoms with Gasteiger partial charge in [0.25, 0.3) is 0 Å². The maximum absolute atomic E-state index is 13.8. The standard InChI is InChI=1S/2C24H28O9/c2*1-10-13-8-14(31-11(2)25)16-23-9-30-20(28)17(23)22(4,5)7-6-15(23)33-21(29)24(16,18(10)27)19(13)32-12(3)26/h2*13-17,19H,1,6-9H2,2-5H3/t2*13-,14+,15-,16-,17+,19+,23-,24-/m00/s1. The molecule has 10 aliphatic rings. The average molecular weight is 921 g/mol. The van der Waals surface area contributed by atoms with Gasteiger partial charge < -0.3 is 37.9 Å². The molecule has 0 aromatic heterocycles. The third kappa shape index (κ3) is 5.58. The van der Waals surface area contributed by atoms with Gasteiger partial charge in [0.15, 0.2) is 22.4 Å². The first-order chi connectivity index (χ1) is 30.8. The molecular weight excluding hydrogens is 865 g/mol. The summed E-state index contributed by atoms with van der Waals surface area (Å²) in [6.45, 7) is 20.4. The van der Waals surface area contributed by atoms with Crippen molar-refractivity contribution in [3.63, 3.8) is 0 Å². The van der Waals surface area contributed by atoms with Crippen LogP contribution in [0.25, 0.3) is 0 Å². The SMILES string of the molecule is C=C1C(=O)[C@@]23C(=O)O[C@H]4CCC(C)(C)[C@H]5C(=O)OC[C@@]45[C@@H]2[C@H](OC(C)=O)C[C@@H]1[C@H]3OC(C)=O.C=C1C(=O)[C@@]23C(=O)O[C@H]4CCC(C)(C)[C@H]5C(=O)OC[C@@]45[C@@H]2[C@H](OC(C)=O)C[C@@H]1[C@H]3OC(C)=O. The van der Waals surface area contributed by atoms with Crippen LogP contribution in [0.2, 0.25) is 0 Å². The Morgan fingerprint density at radius 3 is 1.20 bits per heavy atom. The van der Waals surface area contributed by atoms with Crippen LogP contribution in [0.5, 0.6) is 0 Å². The minimum absolute atomic E-state index is 0.0702. The Bertz CT molecular complexity index is 2180. The minimum Gasteiger partial charge on any atom is -0.465 e. The molecule has 6 aliphatic carbocycles. The Hall–Kier alpha value is -5.42. The average Bonchev–Trinajstić information content (AvgIpc) is 3.83. The fourth-order valence-electron chi connectivity index (χ4n) is 15.6. The number of Topliss-reactive ketones (excluding diaryl/α,β-unsaturated/α-hetero) is 2. The van der Waals surface area contributed by atoms with E-state index in [0.717, 1.165) is 0 Å². The van der Waals surface area contributed by atoms with Gasteiger partial charge in [0, 0.05) is 51.4 Å². The zero-order valence-electron chi connectivity index (χ0n) is 38.3. The second kappa shape index (κ2) is 14.5. The van der Waals surface area contributed by atoms with Gasteiger partial charge in [-0.3, -0.25) is 47.9 Å². The monoisotopic (exact) mass is 920 g/mol. The molecule has 0 aromatic rings. The van der Waals surface area contributed by atoms with E-state index in [1.807, 2.05) is 27.7 Å². The number of esters is 8. The molecule has 18 nitrogen and oxygen atoms in total. The molecule has 356 valence electrons. The molecule has 66 heavy (non-hydrogen) atoms. The van der Waals surface area contributed by atoms with Crippen molar-refractivity contribution in [3.05, 3.63) is 24.3 Å². The Labute approximate surface area is 380 Å². The largest absolute Gasteiger partial charge is 0.465 e. The summed E-state index contributed by atoms with van der Waals surface area (Å²) in [4.78, 5) is 130. The predicted molar refractivity (Wildman–Crippen MR) is 218 cm³/mol. The molecule has 10 fully saturated rings. The Morgan fingerprint density at radius 2 is 0.879 bits per heavy atom. The van der Waals surface area contributed by atoms with Crippen LogP contribution in [0.1, 0.15) is 93.9 Å². The fourth-order valence-corrected chi connectivity index (χ4v) is 15.6. The second-order valence-electron chi connectivity index (χ2n) is 21.6. The van der Waals surface area contributed by atoms with E-state index in [-0.39, 0.29) is 37.2 Å². The summed E-state index contributed by atoms with van der Waals surface area (Å²) in [7, 11) is 0. The first-order valence-corrected chi connectivity index (χ1v) is 22.7. The fraction of sp³-hybridized carbons (Fsp3) is 0.708. The van der Waals surface area contributed by atoms with Crippen LogP contribution in [-0.4, -0.2) is 109 Å². The molecule has 4 saturated heterocycles. The first-order valence-electron chi connectivity index (χ1n) is 22.7. The van der Waals surface area contributed by atoms with Gasteiger partial charge in [-0.15, -0.1) is 0 Å². The highest BCUT2D eigenvalue weighted by Gasteiger charge is 2.86. The Morgan fingerprint density at radius 1 is 0.545 bits per heavy atom. The molecule has 0 unspecified atom stereocenters. The van der Waals surface area contributed by atoms with E-state index in [2.05, 4.69) is 13.2 Å². The van der Waals surface area contributed by atoms with Crippen molar-refractivity contribution in [1.29, 1.82) is 0 Å². The normalized spacial score (nSPS) is 44.7. The van der Waals surface area contributed by atoms with Gasteiger partial charge in [-0.1, -0.05) is 40.9 Å². The van der Waals surface area contributed by atoms with Crippen LogP contribution >= 0.6 is 0 Å². The molecule has 18 heteroatoms. The lowest BCUT2D eigenvalue weighted by Gasteiger charge is -2.62. The van der Waals surface area contributed by atoms with E-state index in [0.29, 0.717) is 25.7 Å². The molecule has 6 saturated carbocycles. The quantitative estimate of drug-likeness (QED) is 0.170. The maximum Gasteiger partial charge on any atom is 0.324 e. The van der Waals surface area contributed by atoms with Crippen molar-refractivity contribution in [2.24, 2.45) is 68.0 Å². The highest BCUT2D eigenvalue weighted by atomic mass is 16.6. The predicted octanol–water partition coefficient (Wildman–Crippen LogP) is 3.03. The first kappa shape index (κ1) is 45.7. The van der Waals surface area contributed by atoms with Crippen LogP contribution < -0.4 is 0 Å². The van der Waals surface area contributed by atoms with E-state index in [4.69, 9.17) is 37.9 Å². The zero-order chi connectivity index (χ0) is 48.2. The number of carbonyl (C=O) groups excluding carboxylic acids is 10. The number of hydrogen-bond acceptors (Lipinski definition) is 18. The summed E-state index contributed by atoms with van der Waals surface area (Å²) in [6, 6.07) is 0. The van der Waals surface area contributed by atoms with Crippen LogP contribution in [0, 0.1) is 68.0 Å². The lowest BCUT2D eigenvalue weighted by atomic mass is 9.43. The van der Waals surface area contributed by atoms with E-state index in [9.17, 15) is 47.9 Å². The van der Waals surface area contributed by atoms with Crippen molar-refractivity contribution in [3.8, 4) is 0 Å². The number of cyclic esters (lactones) is 2. The maximum atomic E-state index is 13.8. The number of carbonyl (C=O) groups is 10. The van der Waals surface area contributed by atoms with Crippen LogP contribution in [0.3, 0.4) is 0 Å². The molecule has 4 spiro atoms. The molecular formula is C48H56O18.